The summed E-state index contributed by atoms with van der Waals surface area (Å²) in [6.07, 6.45) is -1.82. The summed E-state index contributed by atoms with van der Waals surface area (Å²) >= 11 is 0. The van der Waals surface area contributed by atoms with E-state index in [0.29, 0.717) is 0 Å². The normalized spacial score (nSPS) is 16.5. The van der Waals surface area contributed by atoms with E-state index in [1.54, 1.807) is 0 Å². The highest BCUT2D eigenvalue weighted by Gasteiger charge is 2.52. The highest BCUT2D eigenvalue weighted by molar-refractivity contribution is 6.31. The molecule has 10 heteroatoms. The number of ether oxygens (including phenoxy) is 1. The average Bonchev–Trinajstić information content (AvgIpc) is 2.82. The van der Waals surface area contributed by atoms with Crippen LogP contribution in [0.15, 0.2) is 18.2 Å². The molecule has 0 spiro atoms. The van der Waals surface area contributed by atoms with Gasteiger partial charge >= 0.3 is 5.97 Å². The fourth-order valence-corrected chi connectivity index (χ4v) is 2.50. The van der Waals surface area contributed by atoms with Crippen molar-refractivity contribution < 1.29 is 44.3 Å². The molecule has 2 rings (SSSR count). The summed E-state index contributed by atoms with van der Waals surface area (Å²) in [5.74, 6) is -7.65. The minimum absolute atomic E-state index is 0.192. The lowest BCUT2D eigenvalue weighted by Crippen LogP contribution is -2.46. The molecule has 152 valence electrons. The molecule has 1 amide bonds. The second-order valence-corrected chi connectivity index (χ2v) is 7.07. The number of rotatable bonds is 7. The minimum atomic E-state index is -3.20. The fraction of sp³-hybridized carbons (Fsp3) is 0.444. The number of Topliss-reactive ketones (excluding diaryl/α,β-unsaturated/α-hetero) is 2. The number of esters is 1. The van der Waals surface area contributed by atoms with E-state index in [0.717, 1.165) is 0 Å². The largest absolute Gasteiger partial charge is 0.426 e. The van der Waals surface area contributed by atoms with Crippen LogP contribution >= 0.6 is 0 Å². The Hall–Kier alpha value is -2.66. The van der Waals surface area contributed by atoms with Gasteiger partial charge in [-0.15, -0.1) is 0 Å². The number of amides is 1. The van der Waals surface area contributed by atoms with Gasteiger partial charge in [-0.3, -0.25) is 19.2 Å². The SMILES string of the molecule is CC(C)(CO)[C@@H](O)C(=O)NCCC(=O)Oc1cccc2c1C(=O)C(O)(O)C2=O. The zero-order valence-corrected chi connectivity index (χ0v) is 15.3. The van der Waals surface area contributed by atoms with Crippen LogP contribution in [0, 0.1) is 5.41 Å². The van der Waals surface area contributed by atoms with Gasteiger partial charge in [-0.25, -0.2) is 0 Å². The van der Waals surface area contributed by atoms with Gasteiger partial charge < -0.3 is 30.5 Å². The molecule has 0 saturated heterocycles. The summed E-state index contributed by atoms with van der Waals surface area (Å²) in [6.45, 7) is 2.36. The number of ketones is 2. The van der Waals surface area contributed by atoms with Gasteiger partial charge in [0.1, 0.15) is 11.9 Å². The molecule has 10 nitrogen and oxygen atoms in total. The van der Waals surface area contributed by atoms with Gasteiger partial charge in [-0.2, -0.15) is 0 Å². The van der Waals surface area contributed by atoms with Crippen molar-refractivity contribution in [3.05, 3.63) is 29.3 Å². The number of aliphatic hydroxyl groups is 4. The van der Waals surface area contributed by atoms with Gasteiger partial charge in [0.25, 0.3) is 5.79 Å². The predicted octanol–water partition coefficient (Wildman–Crippen LogP) is -1.46. The lowest BCUT2D eigenvalue weighted by atomic mass is 9.87. The molecule has 0 heterocycles. The molecule has 0 aliphatic heterocycles. The van der Waals surface area contributed by atoms with Crippen LogP contribution in [0.5, 0.6) is 5.75 Å². The van der Waals surface area contributed by atoms with Crippen molar-refractivity contribution in [3.63, 3.8) is 0 Å². The van der Waals surface area contributed by atoms with Crippen LogP contribution in [-0.4, -0.2) is 68.9 Å². The molecule has 5 N–H and O–H groups in total. The van der Waals surface area contributed by atoms with Crippen molar-refractivity contribution in [3.8, 4) is 5.75 Å². The van der Waals surface area contributed by atoms with Crippen molar-refractivity contribution in [1.82, 2.24) is 5.32 Å². The molecule has 1 aromatic carbocycles. The molecule has 28 heavy (non-hydrogen) atoms. The lowest BCUT2D eigenvalue weighted by molar-refractivity contribution is -0.137. The van der Waals surface area contributed by atoms with E-state index in [2.05, 4.69) is 5.32 Å². The molecule has 0 unspecified atom stereocenters. The molecule has 1 aliphatic carbocycles. The molecule has 0 fully saturated rings. The second kappa shape index (κ2) is 7.76. The lowest BCUT2D eigenvalue weighted by Gasteiger charge is -2.27. The van der Waals surface area contributed by atoms with Gasteiger partial charge in [0.15, 0.2) is 0 Å². The Morgan fingerprint density at radius 1 is 1.21 bits per heavy atom. The molecular formula is C18H21NO9. The van der Waals surface area contributed by atoms with Gasteiger partial charge in [-0.05, 0) is 6.07 Å². The van der Waals surface area contributed by atoms with E-state index < -0.39 is 52.9 Å². The third kappa shape index (κ3) is 3.94. The van der Waals surface area contributed by atoms with E-state index in [1.807, 2.05) is 0 Å². The Kier molecular flexibility index (Phi) is 6.00. The zero-order valence-electron chi connectivity index (χ0n) is 15.3. The molecule has 0 bridgehead atoms. The number of nitrogens with one attached hydrogen (secondary N) is 1. The van der Waals surface area contributed by atoms with Crippen LogP contribution in [0.1, 0.15) is 41.0 Å². The Morgan fingerprint density at radius 3 is 2.46 bits per heavy atom. The van der Waals surface area contributed by atoms with Crippen LogP contribution in [0.2, 0.25) is 0 Å². The molecule has 1 atom stereocenters. The summed E-state index contributed by atoms with van der Waals surface area (Å²) in [7, 11) is 0. The maximum Gasteiger partial charge on any atom is 0.312 e. The van der Waals surface area contributed by atoms with E-state index in [9.17, 15) is 34.5 Å². The first-order valence-corrected chi connectivity index (χ1v) is 8.38. The van der Waals surface area contributed by atoms with Crippen LogP contribution in [0.4, 0.5) is 0 Å². The van der Waals surface area contributed by atoms with Crippen molar-refractivity contribution in [2.75, 3.05) is 13.2 Å². The van der Waals surface area contributed by atoms with Gasteiger partial charge in [0.05, 0.1) is 18.6 Å². The molecule has 0 aromatic heterocycles. The van der Waals surface area contributed by atoms with Crippen molar-refractivity contribution in [1.29, 1.82) is 0 Å². The average molecular weight is 395 g/mol. The Bertz CT molecular complexity index is 828. The quantitative estimate of drug-likeness (QED) is 0.160. The molecule has 1 aliphatic rings. The molecule has 0 radical (unpaired) electrons. The Morgan fingerprint density at radius 2 is 1.86 bits per heavy atom. The fourth-order valence-electron chi connectivity index (χ4n) is 2.50. The van der Waals surface area contributed by atoms with E-state index in [1.165, 1.54) is 32.0 Å². The number of benzene rings is 1. The van der Waals surface area contributed by atoms with Crippen molar-refractivity contribution in [2.45, 2.75) is 32.2 Å². The smallest absolute Gasteiger partial charge is 0.312 e. The summed E-state index contributed by atoms with van der Waals surface area (Å²) in [5, 5.41) is 40.5. The summed E-state index contributed by atoms with van der Waals surface area (Å²) < 4.78 is 5.01. The first-order valence-electron chi connectivity index (χ1n) is 8.38. The molecule has 1 aromatic rings. The molecular weight excluding hydrogens is 374 g/mol. The van der Waals surface area contributed by atoms with E-state index in [4.69, 9.17) is 9.84 Å². The maximum atomic E-state index is 12.0. The van der Waals surface area contributed by atoms with Gasteiger partial charge in [0.2, 0.25) is 17.5 Å². The van der Waals surface area contributed by atoms with Crippen LogP contribution in [-0.2, 0) is 9.59 Å². The van der Waals surface area contributed by atoms with E-state index in [-0.39, 0.29) is 24.3 Å². The Balaban J connectivity index is 1.99. The van der Waals surface area contributed by atoms with Gasteiger partial charge in [-0.1, -0.05) is 26.0 Å². The number of fused-ring (bicyclic) bond motifs is 1. The third-order valence-electron chi connectivity index (χ3n) is 4.38. The van der Waals surface area contributed by atoms with Crippen LogP contribution in [0.25, 0.3) is 0 Å². The number of carbonyl (C=O) groups is 4. The highest BCUT2D eigenvalue weighted by Crippen LogP contribution is 2.34. The minimum Gasteiger partial charge on any atom is -0.426 e. The monoisotopic (exact) mass is 395 g/mol. The standard InChI is InChI=1S/C18H21NO9/c1-17(2,8-20)15(24)16(25)19-7-6-11(21)28-10-5-3-4-9-12(10)14(23)18(26,27)13(9)22/h3-5,15,20,24,26-27H,6-8H2,1-2H3,(H,19,25)/t15-/m0/s1. The second-order valence-electron chi connectivity index (χ2n) is 7.07. The Labute approximate surface area is 159 Å². The van der Waals surface area contributed by atoms with Gasteiger partial charge in [0, 0.05) is 17.5 Å². The summed E-state index contributed by atoms with van der Waals surface area (Å²) in [4.78, 5) is 47.6. The van der Waals surface area contributed by atoms with E-state index >= 15 is 0 Å². The third-order valence-corrected chi connectivity index (χ3v) is 4.38. The topological polar surface area (TPSA) is 170 Å². The maximum absolute atomic E-state index is 12.0. The summed E-state index contributed by atoms with van der Waals surface area (Å²) in [6, 6.07) is 3.73. The van der Waals surface area contributed by atoms with Crippen LogP contribution < -0.4 is 10.1 Å². The summed E-state index contributed by atoms with van der Waals surface area (Å²) in [5.41, 5.74) is -1.75. The number of carbonyl (C=O) groups excluding carboxylic acids is 4. The van der Waals surface area contributed by atoms with Crippen molar-refractivity contribution >= 4 is 23.4 Å². The number of aliphatic hydroxyl groups excluding tert-OH is 2. The van der Waals surface area contributed by atoms with Crippen molar-refractivity contribution in [2.24, 2.45) is 5.41 Å². The first kappa shape index (κ1) is 21.6. The predicted molar refractivity (Wildman–Crippen MR) is 92.4 cm³/mol. The zero-order chi connectivity index (χ0) is 21.3. The molecule has 0 saturated carbocycles. The first-order chi connectivity index (χ1) is 12.9. The highest BCUT2D eigenvalue weighted by atomic mass is 16.5. The number of hydrogen-bond donors (Lipinski definition) is 5. The van der Waals surface area contributed by atoms with Crippen LogP contribution in [0.3, 0.4) is 0 Å². The number of hydrogen-bond acceptors (Lipinski definition) is 9.